The Kier molecular flexibility index (Phi) is 5.03. The summed E-state index contributed by atoms with van der Waals surface area (Å²) < 4.78 is 41.0. The van der Waals surface area contributed by atoms with Crippen LogP contribution in [0, 0.1) is 0 Å². The van der Waals surface area contributed by atoms with E-state index in [2.05, 4.69) is 33.6 Å². The van der Waals surface area contributed by atoms with Gasteiger partial charge in [-0.2, -0.15) is 13.2 Å². The van der Waals surface area contributed by atoms with Gasteiger partial charge in [-0.15, -0.1) is 0 Å². The molecule has 0 aliphatic heterocycles. The van der Waals surface area contributed by atoms with Crippen LogP contribution < -0.4 is 10.6 Å². The predicted molar refractivity (Wildman–Crippen MR) is 110 cm³/mol. The van der Waals surface area contributed by atoms with Crippen molar-refractivity contribution in [2.45, 2.75) is 31.0 Å². The highest BCUT2D eigenvalue weighted by Crippen LogP contribution is 2.40. The minimum Gasteiger partial charge on any atom is -0.388 e. The van der Waals surface area contributed by atoms with Crippen LogP contribution in [-0.2, 0) is 6.18 Å². The van der Waals surface area contributed by atoms with Gasteiger partial charge in [0.1, 0.15) is 5.56 Å². The Morgan fingerprint density at radius 3 is 2.66 bits per heavy atom. The van der Waals surface area contributed by atoms with E-state index in [1.807, 2.05) is 12.1 Å². The van der Waals surface area contributed by atoms with Crippen LogP contribution in [0.2, 0.25) is 0 Å². The van der Waals surface area contributed by atoms with Crippen molar-refractivity contribution < 1.29 is 18.3 Å². The number of nitrogens with one attached hydrogen (secondary N) is 2. The molecule has 0 saturated heterocycles. The molecule has 5 nitrogen and oxygen atoms in total. The molecular formula is C20H22F3N4OP. The number of hydrogen-bond acceptors (Lipinski definition) is 4. The van der Waals surface area contributed by atoms with E-state index in [0.717, 1.165) is 23.4 Å². The fraction of sp³-hybridized carbons (Fsp3) is 0.400. The standard InChI is InChI=1S/C20H22F3N4OP/c1-29(2)15-6-3-5-12-13(9-24-17(12)15)16-14(20(21,22)23)10-25-18(27-16)26-11-19(28)7-4-8-19/h3,5-6,9-10,24,28H,4,7-8,11H2,1-2H3,(H,25,26,27). The summed E-state index contributed by atoms with van der Waals surface area (Å²) >= 11 is 0. The van der Waals surface area contributed by atoms with Crippen LogP contribution >= 0.6 is 7.92 Å². The Hall–Kier alpha value is -2.18. The summed E-state index contributed by atoms with van der Waals surface area (Å²) in [6.07, 6.45) is 0.0692. The molecule has 1 aliphatic carbocycles. The molecule has 9 heteroatoms. The molecule has 2 aromatic heterocycles. The highest BCUT2D eigenvalue weighted by atomic mass is 31.1. The first-order valence-electron chi connectivity index (χ1n) is 9.36. The molecule has 4 rings (SSSR count). The molecule has 3 aromatic rings. The van der Waals surface area contributed by atoms with E-state index in [4.69, 9.17) is 0 Å². The first-order valence-corrected chi connectivity index (χ1v) is 11.6. The number of aliphatic hydroxyl groups is 1. The molecule has 0 radical (unpaired) electrons. The average Bonchev–Trinajstić information content (AvgIpc) is 3.07. The van der Waals surface area contributed by atoms with Crippen LogP contribution in [0.4, 0.5) is 19.1 Å². The maximum absolute atomic E-state index is 13.7. The molecule has 29 heavy (non-hydrogen) atoms. The third kappa shape index (κ3) is 3.83. The lowest BCUT2D eigenvalue weighted by Crippen LogP contribution is -2.43. The Labute approximate surface area is 167 Å². The Morgan fingerprint density at radius 1 is 1.28 bits per heavy atom. The van der Waals surface area contributed by atoms with Crippen molar-refractivity contribution in [3.05, 3.63) is 36.2 Å². The van der Waals surface area contributed by atoms with Gasteiger partial charge in [0, 0.05) is 29.9 Å². The molecule has 1 aliphatic rings. The molecular weight excluding hydrogens is 400 g/mol. The van der Waals surface area contributed by atoms with E-state index in [9.17, 15) is 18.3 Å². The van der Waals surface area contributed by atoms with Crippen molar-refractivity contribution in [1.82, 2.24) is 15.0 Å². The van der Waals surface area contributed by atoms with Gasteiger partial charge < -0.3 is 15.4 Å². The van der Waals surface area contributed by atoms with Gasteiger partial charge in [-0.1, -0.05) is 26.1 Å². The molecule has 1 fully saturated rings. The highest BCUT2D eigenvalue weighted by Gasteiger charge is 2.37. The molecule has 1 aromatic carbocycles. The van der Waals surface area contributed by atoms with Gasteiger partial charge in [-0.25, -0.2) is 9.97 Å². The Balaban J connectivity index is 1.79. The number of aromatic amines is 1. The lowest BCUT2D eigenvalue weighted by Gasteiger charge is -2.36. The van der Waals surface area contributed by atoms with Crippen molar-refractivity contribution >= 4 is 30.1 Å². The maximum Gasteiger partial charge on any atom is 0.419 e. The maximum atomic E-state index is 13.7. The van der Waals surface area contributed by atoms with Gasteiger partial charge in [0.25, 0.3) is 0 Å². The van der Waals surface area contributed by atoms with Crippen LogP contribution in [-0.4, -0.2) is 45.5 Å². The fourth-order valence-corrected chi connectivity index (χ4v) is 4.61. The number of rotatable bonds is 5. The Morgan fingerprint density at radius 2 is 2.03 bits per heavy atom. The number of halogens is 3. The third-order valence-corrected chi connectivity index (χ3v) is 6.72. The second-order valence-corrected chi connectivity index (χ2v) is 9.95. The molecule has 1 saturated carbocycles. The van der Waals surface area contributed by atoms with Crippen LogP contribution in [0.1, 0.15) is 24.8 Å². The summed E-state index contributed by atoms with van der Waals surface area (Å²) in [5, 5.41) is 14.9. The van der Waals surface area contributed by atoms with Gasteiger partial charge in [0.15, 0.2) is 0 Å². The monoisotopic (exact) mass is 422 g/mol. The quantitative estimate of drug-likeness (QED) is 0.535. The minimum atomic E-state index is -4.58. The van der Waals surface area contributed by atoms with Crippen LogP contribution in [0.15, 0.2) is 30.6 Å². The SMILES string of the molecule is CP(C)c1cccc2c(-c3nc(NCC4(O)CCC4)ncc3C(F)(F)F)c[nH]c12. The zero-order valence-electron chi connectivity index (χ0n) is 16.1. The number of aromatic nitrogens is 3. The van der Waals surface area contributed by atoms with Gasteiger partial charge in [0.05, 0.1) is 16.8 Å². The van der Waals surface area contributed by atoms with Crippen molar-refractivity contribution in [2.75, 3.05) is 25.2 Å². The summed E-state index contributed by atoms with van der Waals surface area (Å²) in [4.78, 5) is 11.2. The smallest absolute Gasteiger partial charge is 0.388 e. The van der Waals surface area contributed by atoms with E-state index >= 15 is 0 Å². The summed E-state index contributed by atoms with van der Waals surface area (Å²) in [5.74, 6) is 0.0760. The molecule has 0 atom stereocenters. The first kappa shape index (κ1) is 20.1. The summed E-state index contributed by atoms with van der Waals surface area (Å²) in [5.41, 5.74) is -0.661. The molecule has 2 heterocycles. The minimum absolute atomic E-state index is 0.0760. The lowest BCUT2D eigenvalue weighted by molar-refractivity contribution is -0.137. The molecule has 0 amide bonds. The van der Waals surface area contributed by atoms with Crippen LogP contribution in [0.3, 0.4) is 0 Å². The van der Waals surface area contributed by atoms with Crippen molar-refractivity contribution in [1.29, 1.82) is 0 Å². The van der Waals surface area contributed by atoms with Gasteiger partial charge in [-0.3, -0.25) is 0 Å². The van der Waals surface area contributed by atoms with Gasteiger partial charge >= 0.3 is 6.18 Å². The number of hydrogen-bond donors (Lipinski definition) is 3. The van der Waals surface area contributed by atoms with Gasteiger partial charge in [0.2, 0.25) is 5.95 Å². The van der Waals surface area contributed by atoms with Crippen molar-refractivity contribution in [3.63, 3.8) is 0 Å². The van der Waals surface area contributed by atoms with Crippen LogP contribution in [0.5, 0.6) is 0 Å². The Bertz CT molecular complexity index is 1040. The number of benzene rings is 1. The zero-order chi connectivity index (χ0) is 20.8. The second kappa shape index (κ2) is 7.26. The summed E-state index contributed by atoms with van der Waals surface area (Å²) in [7, 11) is -0.428. The number of alkyl halides is 3. The van der Waals surface area contributed by atoms with E-state index in [1.54, 1.807) is 12.3 Å². The van der Waals surface area contributed by atoms with E-state index < -0.39 is 25.3 Å². The van der Waals surface area contributed by atoms with Crippen LogP contribution in [0.25, 0.3) is 22.2 Å². The molecule has 154 valence electrons. The number of nitrogens with zero attached hydrogens (tertiary/aromatic N) is 2. The normalized spacial score (nSPS) is 16.2. The number of fused-ring (bicyclic) bond motifs is 1. The van der Waals surface area contributed by atoms with E-state index in [-0.39, 0.29) is 18.2 Å². The highest BCUT2D eigenvalue weighted by molar-refractivity contribution is 7.64. The largest absolute Gasteiger partial charge is 0.419 e. The van der Waals surface area contributed by atoms with E-state index in [1.165, 1.54) is 0 Å². The third-order valence-electron chi connectivity index (χ3n) is 5.38. The average molecular weight is 422 g/mol. The van der Waals surface area contributed by atoms with Crippen molar-refractivity contribution in [3.8, 4) is 11.3 Å². The summed E-state index contributed by atoms with van der Waals surface area (Å²) in [6.45, 7) is 4.42. The fourth-order valence-electron chi connectivity index (χ4n) is 3.59. The van der Waals surface area contributed by atoms with Crippen molar-refractivity contribution in [2.24, 2.45) is 0 Å². The van der Waals surface area contributed by atoms with Gasteiger partial charge in [-0.05, 0) is 37.9 Å². The number of para-hydroxylation sites is 1. The topological polar surface area (TPSA) is 73.8 Å². The van der Waals surface area contributed by atoms with E-state index in [0.29, 0.717) is 23.8 Å². The summed E-state index contributed by atoms with van der Waals surface area (Å²) in [6, 6.07) is 5.65. The molecule has 0 unspecified atom stereocenters. The lowest BCUT2D eigenvalue weighted by atomic mass is 9.80. The number of H-pyrrole nitrogens is 1. The molecule has 0 spiro atoms. The second-order valence-electron chi connectivity index (χ2n) is 7.68. The zero-order valence-corrected chi connectivity index (χ0v) is 17.0. The molecule has 3 N–H and O–H groups in total. The number of anilines is 1. The molecule has 0 bridgehead atoms. The first-order chi connectivity index (χ1) is 13.7. The predicted octanol–water partition coefficient (Wildman–Crippen LogP) is 4.34.